The third kappa shape index (κ3) is 2.33. The van der Waals surface area contributed by atoms with Gasteiger partial charge in [0.2, 0.25) is 12.0 Å². The van der Waals surface area contributed by atoms with E-state index in [1.165, 1.54) is 24.3 Å². The summed E-state index contributed by atoms with van der Waals surface area (Å²) in [5.41, 5.74) is 1.41. The summed E-state index contributed by atoms with van der Waals surface area (Å²) in [6.07, 6.45) is -0.982. The molecule has 2 aliphatic heterocycles. The number of carbonyl (C=O) groups excluding carboxylic acids is 2. The number of benzene rings is 3. The van der Waals surface area contributed by atoms with Gasteiger partial charge in [-0.2, -0.15) is 0 Å². The van der Waals surface area contributed by atoms with Gasteiger partial charge in [-0.3, -0.25) is 9.59 Å². The molecular weight excluding hydrogens is 347 g/mol. The lowest BCUT2D eigenvalue weighted by Crippen LogP contribution is -2.33. The van der Waals surface area contributed by atoms with Crippen LogP contribution >= 0.6 is 0 Å². The molecule has 2 aliphatic rings. The highest BCUT2D eigenvalue weighted by Gasteiger charge is 2.56. The highest BCUT2D eigenvalue weighted by molar-refractivity contribution is 6.32. The number of nitrogens with zero attached hydrogens (tertiary/aromatic N) is 2. The van der Waals surface area contributed by atoms with Gasteiger partial charge in [-0.25, -0.2) is 9.29 Å². The lowest BCUT2D eigenvalue weighted by molar-refractivity contribution is -0.126. The molecule has 0 saturated carbocycles. The Morgan fingerprint density at radius 3 is 2.41 bits per heavy atom. The van der Waals surface area contributed by atoms with Gasteiger partial charge in [-0.1, -0.05) is 47.6 Å². The molecule has 1 fully saturated rings. The predicted molar refractivity (Wildman–Crippen MR) is 97.7 cm³/mol. The van der Waals surface area contributed by atoms with Crippen LogP contribution in [0.3, 0.4) is 0 Å². The highest BCUT2D eigenvalue weighted by Crippen LogP contribution is 2.36. The topological polar surface area (TPSA) is 59.0 Å². The minimum absolute atomic E-state index is 0.349. The summed E-state index contributed by atoms with van der Waals surface area (Å²) in [5, 5.41) is 5.88. The van der Waals surface area contributed by atoms with Gasteiger partial charge in [0.1, 0.15) is 17.4 Å². The zero-order chi connectivity index (χ0) is 18.5. The van der Waals surface area contributed by atoms with E-state index >= 15 is 0 Å². The number of oxime groups is 1. The molecule has 132 valence electrons. The Morgan fingerprint density at radius 1 is 0.889 bits per heavy atom. The molecule has 0 aliphatic carbocycles. The van der Waals surface area contributed by atoms with Crippen molar-refractivity contribution in [3.8, 4) is 0 Å². The molecule has 0 unspecified atom stereocenters. The van der Waals surface area contributed by atoms with E-state index in [-0.39, 0.29) is 11.7 Å². The van der Waals surface area contributed by atoms with Crippen LogP contribution < -0.4 is 4.90 Å². The first-order chi connectivity index (χ1) is 13.1. The summed E-state index contributed by atoms with van der Waals surface area (Å²) in [4.78, 5) is 32.3. The standard InChI is InChI=1S/C21H13FN2O3/c22-15-8-5-13(6-9-15)18-17-19(27-23-18)21(26)24(20(17)25)16-10-7-12-3-1-2-4-14(12)11-16/h1-11,17,19H/t17-,19+/m0/s1. The molecule has 5 nitrogen and oxygen atoms in total. The zero-order valence-electron chi connectivity index (χ0n) is 14.0. The summed E-state index contributed by atoms with van der Waals surface area (Å²) in [5.74, 6) is -2.04. The van der Waals surface area contributed by atoms with E-state index in [1.54, 1.807) is 12.1 Å². The molecule has 2 atom stereocenters. The van der Waals surface area contributed by atoms with Crippen LogP contribution in [0.15, 0.2) is 71.9 Å². The number of imide groups is 1. The maximum absolute atomic E-state index is 13.2. The lowest BCUT2D eigenvalue weighted by Gasteiger charge is -2.16. The molecule has 0 N–H and O–H groups in total. The molecule has 1 saturated heterocycles. The maximum Gasteiger partial charge on any atom is 0.278 e. The summed E-state index contributed by atoms with van der Waals surface area (Å²) >= 11 is 0. The van der Waals surface area contributed by atoms with E-state index in [0.29, 0.717) is 17.0 Å². The maximum atomic E-state index is 13.2. The van der Waals surface area contributed by atoms with Gasteiger partial charge in [-0.15, -0.1) is 0 Å². The van der Waals surface area contributed by atoms with E-state index in [9.17, 15) is 14.0 Å². The van der Waals surface area contributed by atoms with Crippen molar-refractivity contribution in [1.29, 1.82) is 0 Å². The number of carbonyl (C=O) groups is 2. The molecule has 27 heavy (non-hydrogen) atoms. The second-order valence-corrected chi connectivity index (χ2v) is 6.53. The van der Waals surface area contributed by atoms with Crippen LogP contribution in [-0.2, 0) is 14.4 Å². The molecule has 0 spiro atoms. The molecule has 2 amide bonds. The van der Waals surface area contributed by atoms with Gasteiger partial charge >= 0.3 is 0 Å². The van der Waals surface area contributed by atoms with E-state index in [1.807, 2.05) is 30.3 Å². The Labute approximate surface area is 153 Å². The quantitative estimate of drug-likeness (QED) is 0.659. The number of amides is 2. The second kappa shape index (κ2) is 5.74. The number of hydrogen-bond acceptors (Lipinski definition) is 4. The third-order valence-corrected chi connectivity index (χ3v) is 4.94. The summed E-state index contributed by atoms with van der Waals surface area (Å²) in [6, 6.07) is 18.8. The molecule has 0 bridgehead atoms. The normalized spacial score (nSPS) is 21.4. The third-order valence-electron chi connectivity index (χ3n) is 4.94. The van der Waals surface area contributed by atoms with Gasteiger partial charge in [0.05, 0.1) is 5.69 Å². The number of hydrogen-bond donors (Lipinski definition) is 0. The fourth-order valence-electron chi connectivity index (χ4n) is 3.61. The second-order valence-electron chi connectivity index (χ2n) is 6.53. The number of rotatable bonds is 2. The van der Waals surface area contributed by atoms with E-state index in [4.69, 9.17) is 4.84 Å². The fourth-order valence-corrected chi connectivity index (χ4v) is 3.61. The van der Waals surface area contributed by atoms with Crippen molar-refractivity contribution in [2.75, 3.05) is 4.90 Å². The van der Waals surface area contributed by atoms with Crippen molar-refractivity contribution in [2.24, 2.45) is 11.1 Å². The Hall–Kier alpha value is -3.54. The molecule has 5 rings (SSSR count). The van der Waals surface area contributed by atoms with Crippen LogP contribution in [0.4, 0.5) is 10.1 Å². The molecule has 0 radical (unpaired) electrons. The van der Waals surface area contributed by atoms with Crippen LogP contribution in [0.5, 0.6) is 0 Å². The molecular formula is C21H13FN2O3. The minimum Gasteiger partial charge on any atom is -0.381 e. The lowest BCUT2D eigenvalue weighted by atomic mass is 9.94. The Balaban J connectivity index is 1.53. The Morgan fingerprint density at radius 2 is 1.63 bits per heavy atom. The van der Waals surface area contributed by atoms with Crippen molar-refractivity contribution in [3.05, 3.63) is 78.1 Å². The molecule has 3 aromatic rings. The smallest absolute Gasteiger partial charge is 0.278 e. The average Bonchev–Trinajstić information content (AvgIpc) is 3.23. The van der Waals surface area contributed by atoms with Gasteiger partial charge in [0.15, 0.2) is 0 Å². The first kappa shape index (κ1) is 15.7. The van der Waals surface area contributed by atoms with Gasteiger partial charge in [0, 0.05) is 5.56 Å². The molecule has 2 heterocycles. The Bertz CT molecular complexity index is 1120. The van der Waals surface area contributed by atoms with Crippen molar-refractivity contribution in [1.82, 2.24) is 0 Å². The van der Waals surface area contributed by atoms with Crippen molar-refractivity contribution in [3.63, 3.8) is 0 Å². The SMILES string of the molecule is O=C1[C@H]2C(c3ccc(F)cc3)=NO[C@H]2C(=O)N1c1ccc2ccccc2c1. The van der Waals surface area contributed by atoms with Gasteiger partial charge in [-0.05, 0) is 35.0 Å². The highest BCUT2D eigenvalue weighted by atomic mass is 19.1. The van der Waals surface area contributed by atoms with Gasteiger partial charge in [0.25, 0.3) is 5.91 Å². The fraction of sp³-hybridized carbons (Fsp3) is 0.0952. The summed E-state index contributed by atoms with van der Waals surface area (Å²) in [6.45, 7) is 0. The van der Waals surface area contributed by atoms with Crippen molar-refractivity contribution in [2.45, 2.75) is 6.10 Å². The minimum atomic E-state index is -0.982. The van der Waals surface area contributed by atoms with Crippen molar-refractivity contribution < 1.29 is 18.8 Å². The largest absolute Gasteiger partial charge is 0.381 e. The van der Waals surface area contributed by atoms with Crippen LogP contribution in [0.25, 0.3) is 10.8 Å². The first-order valence-electron chi connectivity index (χ1n) is 8.50. The van der Waals surface area contributed by atoms with E-state index in [0.717, 1.165) is 15.7 Å². The van der Waals surface area contributed by atoms with Crippen LogP contribution in [0, 0.1) is 11.7 Å². The van der Waals surface area contributed by atoms with Crippen LogP contribution in [0.2, 0.25) is 0 Å². The monoisotopic (exact) mass is 360 g/mol. The number of fused-ring (bicyclic) bond motifs is 2. The van der Waals surface area contributed by atoms with Crippen LogP contribution in [-0.4, -0.2) is 23.6 Å². The molecule has 0 aromatic heterocycles. The van der Waals surface area contributed by atoms with E-state index < -0.39 is 17.9 Å². The Kier molecular flexibility index (Phi) is 3.33. The zero-order valence-corrected chi connectivity index (χ0v) is 14.0. The van der Waals surface area contributed by atoms with E-state index in [2.05, 4.69) is 5.16 Å². The summed E-state index contributed by atoms with van der Waals surface area (Å²) in [7, 11) is 0. The van der Waals surface area contributed by atoms with Crippen LogP contribution in [0.1, 0.15) is 5.56 Å². The molecule has 3 aromatic carbocycles. The average molecular weight is 360 g/mol. The number of halogens is 1. The first-order valence-corrected chi connectivity index (χ1v) is 8.50. The molecule has 6 heteroatoms. The summed E-state index contributed by atoms with van der Waals surface area (Å²) < 4.78 is 13.2. The number of anilines is 1. The predicted octanol–water partition coefficient (Wildman–Crippen LogP) is 3.27. The van der Waals surface area contributed by atoms with Crippen molar-refractivity contribution >= 4 is 34.0 Å². The van der Waals surface area contributed by atoms with Gasteiger partial charge < -0.3 is 4.84 Å².